The monoisotopic (exact) mass is 407 g/mol. The Labute approximate surface area is 172 Å². The highest BCUT2D eigenvalue weighted by Crippen LogP contribution is 2.68. The summed E-state index contributed by atoms with van der Waals surface area (Å²) in [5.41, 5.74) is 0.871. The molecule has 0 aliphatic heterocycles. The van der Waals surface area contributed by atoms with Gasteiger partial charge in [0.15, 0.2) is 17.0 Å². The summed E-state index contributed by atoms with van der Waals surface area (Å²) in [4.78, 5) is 29.6. The smallest absolute Gasteiger partial charge is 0.209 e. The first-order chi connectivity index (χ1) is 14.4. The molecule has 2 aliphatic carbocycles. The van der Waals surface area contributed by atoms with Crippen LogP contribution in [0.15, 0.2) is 18.9 Å². The molecule has 30 heavy (non-hydrogen) atoms. The van der Waals surface area contributed by atoms with Gasteiger partial charge >= 0.3 is 0 Å². The maximum atomic E-state index is 12.2. The zero-order valence-electron chi connectivity index (χ0n) is 16.7. The number of hydrogen-bond acceptors (Lipinski definition) is 8. The largest absolute Gasteiger partial charge is 0.389 e. The van der Waals surface area contributed by atoms with E-state index in [0.717, 1.165) is 5.69 Å². The summed E-state index contributed by atoms with van der Waals surface area (Å²) < 4.78 is 3.53. The molecule has 154 valence electrons. The number of imidazole rings is 2. The van der Waals surface area contributed by atoms with Gasteiger partial charge in [0.2, 0.25) is 5.82 Å². The number of aryl methyl sites for hydroxylation is 1. The van der Waals surface area contributed by atoms with Gasteiger partial charge in [-0.05, 0) is 31.1 Å². The van der Waals surface area contributed by atoms with Crippen molar-refractivity contribution >= 4 is 22.8 Å². The van der Waals surface area contributed by atoms with Crippen LogP contribution in [0.25, 0.3) is 11.2 Å². The number of aliphatic hydroxyl groups is 2. The average molecular weight is 407 g/mol. The van der Waals surface area contributed by atoms with E-state index >= 15 is 0 Å². The van der Waals surface area contributed by atoms with Crippen molar-refractivity contribution in [2.45, 2.75) is 31.6 Å². The number of ketones is 1. The minimum atomic E-state index is -1.10. The van der Waals surface area contributed by atoms with Crippen molar-refractivity contribution in [2.75, 3.05) is 12.4 Å². The molecule has 0 amide bonds. The van der Waals surface area contributed by atoms with Crippen LogP contribution < -0.4 is 5.32 Å². The summed E-state index contributed by atoms with van der Waals surface area (Å²) in [5, 5.41) is 24.3. The molecule has 2 fully saturated rings. The molecule has 2 unspecified atom stereocenters. The van der Waals surface area contributed by atoms with E-state index in [1.54, 1.807) is 35.0 Å². The number of Topliss-reactive ketones (excluding diaryl/α,β-unsaturated/α-hetero) is 1. The average Bonchev–Trinajstić information content (AvgIpc) is 2.99. The summed E-state index contributed by atoms with van der Waals surface area (Å²) in [6.45, 7) is 1.47. The number of anilines is 1. The van der Waals surface area contributed by atoms with Crippen molar-refractivity contribution in [3.05, 3.63) is 30.4 Å². The number of aromatic nitrogens is 6. The Morgan fingerprint density at radius 2 is 2.10 bits per heavy atom. The van der Waals surface area contributed by atoms with E-state index in [2.05, 4.69) is 37.1 Å². The van der Waals surface area contributed by atoms with Crippen LogP contribution >= 0.6 is 0 Å². The van der Waals surface area contributed by atoms with Crippen LogP contribution in [0.2, 0.25) is 0 Å². The molecule has 3 aromatic rings. The Morgan fingerprint density at radius 3 is 2.73 bits per heavy atom. The molecule has 3 heterocycles. The maximum Gasteiger partial charge on any atom is 0.209 e. The highest BCUT2D eigenvalue weighted by Gasteiger charge is 2.74. The summed E-state index contributed by atoms with van der Waals surface area (Å²) >= 11 is 0. The predicted molar refractivity (Wildman–Crippen MR) is 106 cm³/mol. The van der Waals surface area contributed by atoms with Crippen LogP contribution in [0.5, 0.6) is 0 Å². The molecule has 5 atom stereocenters. The Hall–Kier alpha value is -3.29. The minimum absolute atomic E-state index is 0.0979. The standard InChI is InChI=1S/C20H21N7O3/c1-10(28)20-6-12(20)15(16(29)17(20)30)27-9-23-14-18(21-2)24-13(25-19(14)27)5-4-11-7-22-8-26(11)3/h7-9,12,15-17,29-30H,6H2,1-3H3,(H,21,24,25)/t12?,15-,16+,17?,20-/m1/s1. The molecule has 0 aromatic carbocycles. The second kappa shape index (κ2) is 6.35. The molecular formula is C20H21N7O3. The highest BCUT2D eigenvalue weighted by atomic mass is 16.3. The molecular weight excluding hydrogens is 386 g/mol. The summed E-state index contributed by atoms with van der Waals surface area (Å²) in [6.07, 6.45) is 3.25. The van der Waals surface area contributed by atoms with Gasteiger partial charge in [0.05, 0.1) is 36.4 Å². The Balaban J connectivity index is 1.61. The molecule has 5 rings (SSSR count). The number of rotatable bonds is 3. The van der Waals surface area contributed by atoms with E-state index in [9.17, 15) is 15.0 Å². The van der Waals surface area contributed by atoms with Crippen LogP contribution in [-0.2, 0) is 11.8 Å². The van der Waals surface area contributed by atoms with Gasteiger partial charge in [0.25, 0.3) is 0 Å². The minimum Gasteiger partial charge on any atom is -0.389 e. The van der Waals surface area contributed by atoms with Crippen LogP contribution in [0.4, 0.5) is 5.82 Å². The summed E-state index contributed by atoms with van der Waals surface area (Å²) in [7, 11) is 3.58. The van der Waals surface area contributed by atoms with Gasteiger partial charge in [-0.15, -0.1) is 0 Å². The Kier molecular flexibility index (Phi) is 3.96. The fourth-order valence-electron chi connectivity index (χ4n) is 4.73. The number of carbonyl (C=O) groups excluding carboxylic acids is 1. The molecule has 2 aliphatic rings. The number of nitrogens with one attached hydrogen (secondary N) is 1. The highest BCUT2D eigenvalue weighted by molar-refractivity contribution is 5.88. The molecule has 3 aromatic heterocycles. The fraction of sp³-hybridized carbons (Fsp3) is 0.450. The SMILES string of the molecule is CNc1nc(C#Cc2cncn2C)nc2c1ncn2[C@@H]1C2C[C@]2(C(C)=O)C(O)[C@H]1O. The van der Waals surface area contributed by atoms with Gasteiger partial charge < -0.3 is 24.7 Å². The van der Waals surface area contributed by atoms with E-state index in [0.29, 0.717) is 23.4 Å². The number of fused-ring (bicyclic) bond motifs is 2. The molecule has 0 spiro atoms. The third-order valence-electron chi connectivity index (χ3n) is 6.43. The molecule has 10 nitrogen and oxygen atoms in total. The zero-order chi connectivity index (χ0) is 21.2. The maximum absolute atomic E-state index is 12.2. The lowest BCUT2D eigenvalue weighted by molar-refractivity contribution is -0.128. The van der Waals surface area contributed by atoms with Crippen LogP contribution in [0.1, 0.15) is 30.9 Å². The Morgan fingerprint density at radius 1 is 1.30 bits per heavy atom. The van der Waals surface area contributed by atoms with Gasteiger partial charge in [-0.2, -0.15) is 0 Å². The Bertz CT molecular complexity index is 1240. The van der Waals surface area contributed by atoms with E-state index in [1.807, 2.05) is 7.05 Å². The molecule has 2 saturated carbocycles. The number of nitrogens with zero attached hydrogens (tertiary/aromatic N) is 6. The van der Waals surface area contributed by atoms with Crippen molar-refractivity contribution in [3.63, 3.8) is 0 Å². The van der Waals surface area contributed by atoms with Crippen molar-refractivity contribution in [1.29, 1.82) is 0 Å². The van der Waals surface area contributed by atoms with Crippen LogP contribution in [-0.4, -0.2) is 64.3 Å². The first kappa shape index (κ1) is 18.7. The van der Waals surface area contributed by atoms with Gasteiger partial charge in [-0.1, -0.05) is 0 Å². The van der Waals surface area contributed by atoms with E-state index in [-0.39, 0.29) is 17.5 Å². The van der Waals surface area contributed by atoms with Crippen molar-refractivity contribution in [2.24, 2.45) is 18.4 Å². The summed E-state index contributed by atoms with van der Waals surface area (Å²) in [6, 6.07) is -0.494. The van der Waals surface area contributed by atoms with Crippen LogP contribution in [0.3, 0.4) is 0 Å². The summed E-state index contributed by atoms with van der Waals surface area (Å²) in [5.74, 6) is 6.49. The number of aliphatic hydroxyl groups excluding tert-OH is 2. The first-order valence-corrected chi connectivity index (χ1v) is 9.66. The van der Waals surface area contributed by atoms with Crippen LogP contribution in [0, 0.1) is 23.2 Å². The number of hydrogen-bond donors (Lipinski definition) is 3. The normalized spacial score (nSPS) is 29.4. The molecule has 3 N–H and O–H groups in total. The van der Waals surface area contributed by atoms with E-state index < -0.39 is 23.7 Å². The second-order valence-corrected chi connectivity index (χ2v) is 7.94. The van der Waals surface area contributed by atoms with Gasteiger partial charge in [0, 0.05) is 14.1 Å². The predicted octanol–water partition coefficient (Wildman–Crippen LogP) is -0.127. The van der Waals surface area contributed by atoms with Gasteiger partial charge in [0.1, 0.15) is 17.6 Å². The molecule has 0 radical (unpaired) electrons. The van der Waals surface area contributed by atoms with Crippen molar-refractivity contribution < 1.29 is 15.0 Å². The number of carbonyl (C=O) groups is 1. The molecule has 10 heteroatoms. The molecule has 0 saturated heterocycles. The fourth-order valence-corrected chi connectivity index (χ4v) is 4.73. The van der Waals surface area contributed by atoms with E-state index in [4.69, 9.17) is 0 Å². The van der Waals surface area contributed by atoms with Crippen molar-refractivity contribution in [3.8, 4) is 11.8 Å². The first-order valence-electron chi connectivity index (χ1n) is 9.66. The topological polar surface area (TPSA) is 131 Å². The molecule has 0 bridgehead atoms. The quantitative estimate of drug-likeness (QED) is 0.512. The third kappa shape index (κ3) is 2.42. The lowest BCUT2D eigenvalue weighted by Gasteiger charge is -2.23. The lowest BCUT2D eigenvalue weighted by atomic mass is 9.95. The van der Waals surface area contributed by atoms with Crippen molar-refractivity contribution in [1.82, 2.24) is 29.1 Å². The zero-order valence-corrected chi connectivity index (χ0v) is 16.7. The van der Waals surface area contributed by atoms with Gasteiger partial charge in [-0.25, -0.2) is 19.9 Å². The van der Waals surface area contributed by atoms with E-state index in [1.165, 1.54) is 6.92 Å². The second-order valence-electron chi connectivity index (χ2n) is 7.94. The van der Waals surface area contributed by atoms with Gasteiger partial charge in [-0.3, -0.25) is 4.79 Å². The lowest BCUT2D eigenvalue weighted by Crippen LogP contribution is -2.36. The third-order valence-corrected chi connectivity index (χ3v) is 6.43.